The molecule has 0 saturated heterocycles. The fourth-order valence-corrected chi connectivity index (χ4v) is 1.88. The molecule has 4 nitrogen and oxygen atoms in total. The standard InChI is InChI=1S/C11H15NO3/c1-8-10-7-9(4-6-14-2)15-11(10)3-5-12(8)13/h3,5,9H,4,6-7H2,1-2H3. The molecular formula is C11H15NO3. The maximum Gasteiger partial charge on any atom is 0.196 e. The molecule has 0 aromatic carbocycles. The summed E-state index contributed by atoms with van der Waals surface area (Å²) in [6.45, 7) is 2.52. The van der Waals surface area contributed by atoms with E-state index >= 15 is 0 Å². The summed E-state index contributed by atoms with van der Waals surface area (Å²) in [5, 5.41) is 11.3. The summed E-state index contributed by atoms with van der Waals surface area (Å²) >= 11 is 0. The molecule has 1 unspecified atom stereocenters. The summed E-state index contributed by atoms with van der Waals surface area (Å²) < 4.78 is 11.6. The van der Waals surface area contributed by atoms with Crippen LogP contribution in [-0.4, -0.2) is 19.8 Å². The summed E-state index contributed by atoms with van der Waals surface area (Å²) in [4.78, 5) is 0. The Morgan fingerprint density at radius 2 is 2.47 bits per heavy atom. The predicted octanol–water partition coefficient (Wildman–Crippen LogP) is 0.968. The van der Waals surface area contributed by atoms with Crippen LogP contribution in [0.1, 0.15) is 17.7 Å². The van der Waals surface area contributed by atoms with Crippen LogP contribution in [0.15, 0.2) is 12.3 Å². The van der Waals surface area contributed by atoms with Crippen LogP contribution in [0.4, 0.5) is 0 Å². The van der Waals surface area contributed by atoms with E-state index in [0.717, 1.165) is 34.6 Å². The highest BCUT2D eigenvalue weighted by molar-refractivity contribution is 5.37. The van der Waals surface area contributed by atoms with Gasteiger partial charge in [0.1, 0.15) is 11.9 Å². The van der Waals surface area contributed by atoms with E-state index in [9.17, 15) is 5.21 Å². The van der Waals surface area contributed by atoms with Crippen LogP contribution in [0.3, 0.4) is 0 Å². The highest BCUT2D eigenvalue weighted by Crippen LogP contribution is 2.30. The first-order chi connectivity index (χ1) is 7.22. The van der Waals surface area contributed by atoms with Crippen molar-refractivity contribution in [3.05, 3.63) is 28.7 Å². The van der Waals surface area contributed by atoms with Gasteiger partial charge in [-0.15, -0.1) is 0 Å². The van der Waals surface area contributed by atoms with E-state index in [-0.39, 0.29) is 6.10 Å². The van der Waals surface area contributed by atoms with Crippen molar-refractivity contribution < 1.29 is 14.2 Å². The minimum atomic E-state index is 0.154. The second kappa shape index (κ2) is 4.06. The maximum absolute atomic E-state index is 11.3. The van der Waals surface area contributed by atoms with Crippen LogP contribution in [0.5, 0.6) is 5.75 Å². The lowest BCUT2D eigenvalue weighted by atomic mass is 10.1. The van der Waals surface area contributed by atoms with Crippen molar-refractivity contribution in [1.29, 1.82) is 0 Å². The second-order valence-corrected chi connectivity index (χ2v) is 3.80. The third-order valence-corrected chi connectivity index (χ3v) is 2.80. The first-order valence-corrected chi connectivity index (χ1v) is 5.09. The molecule has 4 heteroatoms. The summed E-state index contributed by atoms with van der Waals surface area (Å²) in [6.07, 6.45) is 3.32. The fourth-order valence-electron chi connectivity index (χ4n) is 1.88. The molecule has 2 rings (SSSR count). The summed E-state index contributed by atoms with van der Waals surface area (Å²) in [7, 11) is 1.68. The molecule has 0 N–H and O–H groups in total. The maximum atomic E-state index is 11.3. The van der Waals surface area contributed by atoms with Gasteiger partial charge in [0.25, 0.3) is 0 Å². The molecule has 1 aromatic heterocycles. The van der Waals surface area contributed by atoms with E-state index in [1.165, 1.54) is 6.20 Å². The number of aromatic nitrogens is 1. The largest absolute Gasteiger partial charge is 0.618 e. The molecule has 1 aliphatic rings. The van der Waals surface area contributed by atoms with E-state index in [1.54, 1.807) is 13.2 Å². The Hall–Kier alpha value is -1.29. The highest BCUT2D eigenvalue weighted by atomic mass is 16.5. The van der Waals surface area contributed by atoms with Crippen molar-refractivity contribution in [3.63, 3.8) is 0 Å². The van der Waals surface area contributed by atoms with Crippen molar-refractivity contribution in [3.8, 4) is 5.75 Å². The SMILES string of the molecule is COCCC1Cc2c(cc[n+]([O-])c2C)O1. The Bertz CT molecular complexity index is 365. The van der Waals surface area contributed by atoms with Gasteiger partial charge in [0.05, 0.1) is 5.56 Å². The number of ether oxygens (including phenoxy) is 2. The zero-order chi connectivity index (χ0) is 10.8. The van der Waals surface area contributed by atoms with Crippen LogP contribution in [0.25, 0.3) is 0 Å². The first kappa shape index (κ1) is 10.2. The molecule has 1 aromatic rings. The Kier molecular flexibility index (Phi) is 2.77. The highest BCUT2D eigenvalue weighted by Gasteiger charge is 2.27. The number of hydrogen-bond donors (Lipinski definition) is 0. The van der Waals surface area contributed by atoms with Crippen LogP contribution < -0.4 is 9.47 Å². The lowest BCUT2D eigenvalue weighted by molar-refractivity contribution is -0.612. The van der Waals surface area contributed by atoms with Gasteiger partial charge in [-0.3, -0.25) is 0 Å². The van der Waals surface area contributed by atoms with Gasteiger partial charge in [-0.2, -0.15) is 4.73 Å². The minimum Gasteiger partial charge on any atom is -0.618 e. The van der Waals surface area contributed by atoms with Gasteiger partial charge in [0.2, 0.25) is 0 Å². The molecule has 0 spiro atoms. The molecule has 0 saturated carbocycles. The van der Waals surface area contributed by atoms with Crippen LogP contribution >= 0.6 is 0 Å². The van der Waals surface area contributed by atoms with Crippen molar-refractivity contribution >= 4 is 0 Å². The zero-order valence-electron chi connectivity index (χ0n) is 9.03. The molecular weight excluding hydrogens is 194 g/mol. The van der Waals surface area contributed by atoms with Gasteiger partial charge >= 0.3 is 0 Å². The van der Waals surface area contributed by atoms with E-state index in [4.69, 9.17) is 9.47 Å². The normalized spacial score (nSPS) is 18.7. The lowest BCUT2D eigenvalue weighted by Gasteiger charge is -2.08. The molecule has 82 valence electrons. The third kappa shape index (κ3) is 1.90. The van der Waals surface area contributed by atoms with Gasteiger partial charge in [0, 0.05) is 39.5 Å². The molecule has 0 amide bonds. The van der Waals surface area contributed by atoms with Gasteiger partial charge in [-0.25, -0.2) is 0 Å². The summed E-state index contributed by atoms with van der Waals surface area (Å²) in [6, 6.07) is 1.74. The predicted molar refractivity (Wildman–Crippen MR) is 54.8 cm³/mol. The van der Waals surface area contributed by atoms with Gasteiger partial charge in [-0.1, -0.05) is 0 Å². The van der Waals surface area contributed by atoms with Crippen LogP contribution in [0, 0.1) is 12.1 Å². The summed E-state index contributed by atoms with van der Waals surface area (Å²) in [5.74, 6) is 0.848. The molecule has 1 atom stereocenters. The first-order valence-electron chi connectivity index (χ1n) is 5.09. The Morgan fingerprint density at radius 3 is 3.20 bits per heavy atom. The molecule has 1 aliphatic heterocycles. The topological polar surface area (TPSA) is 45.4 Å². The monoisotopic (exact) mass is 209 g/mol. The van der Waals surface area contributed by atoms with Crippen molar-refractivity contribution in [1.82, 2.24) is 0 Å². The zero-order valence-corrected chi connectivity index (χ0v) is 9.03. The molecule has 2 heterocycles. The van der Waals surface area contributed by atoms with Crippen molar-refractivity contribution in [2.45, 2.75) is 25.9 Å². The fraction of sp³-hybridized carbons (Fsp3) is 0.545. The number of fused-ring (bicyclic) bond motifs is 1. The van der Waals surface area contributed by atoms with E-state index in [2.05, 4.69) is 0 Å². The number of nitrogens with zero attached hydrogens (tertiary/aromatic N) is 1. The average Bonchev–Trinajstić information content (AvgIpc) is 2.64. The molecule has 15 heavy (non-hydrogen) atoms. The minimum absolute atomic E-state index is 0.154. The second-order valence-electron chi connectivity index (χ2n) is 3.80. The van der Waals surface area contributed by atoms with E-state index in [0.29, 0.717) is 6.61 Å². The Balaban J connectivity index is 2.13. The number of pyridine rings is 1. The molecule has 0 radical (unpaired) electrons. The van der Waals surface area contributed by atoms with E-state index in [1.807, 2.05) is 6.92 Å². The van der Waals surface area contributed by atoms with Gasteiger partial charge in [-0.05, 0) is 0 Å². The number of methoxy groups -OCH3 is 1. The number of rotatable bonds is 3. The third-order valence-electron chi connectivity index (χ3n) is 2.80. The van der Waals surface area contributed by atoms with Gasteiger partial charge < -0.3 is 14.7 Å². The Labute approximate surface area is 89.0 Å². The smallest absolute Gasteiger partial charge is 0.196 e. The van der Waals surface area contributed by atoms with Crippen LogP contribution in [0.2, 0.25) is 0 Å². The van der Waals surface area contributed by atoms with Crippen molar-refractivity contribution in [2.24, 2.45) is 0 Å². The van der Waals surface area contributed by atoms with Gasteiger partial charge in [0.15, 0.2) is 11.9 Å². The molecule has 0 aliphatic carbocycles. The molecule has 0 fully saturated rings. The van der Waals surface area contributed by atoms with E-state index < -0.39 is 0 Å². The van der Waals surface area contributed by atoms with Crippen molar-refractivity contribution in [2.75, 3.05) is 13.7 Å². The quantitative estimate of drug-likeness (QED) is 0.550. The molecule has 0 bridgehead atoms. The average molecular weight is 209 g/mol. The summed E-state index contributed by atoms with van der Waals surface area (Å²) in [5.41, 5.74) is 1.78. The number of hydrogen-bond acceptors (Lipinski definition) is 3. The lowest BCUT2D eigenvalue weighted by Crippen LogP contribution is -2.30. The Morgan fingerprint density at radius 1 is 1.67 bits per heavy atom. The van der Waals surface area contributed by atoms with Crippen LogP contribution in [-0.2, 0) is 11.2 Å².